The Morgan fingerprint density at radius 2 is 2.16 bits per heavy atom. The number of nitrogens with zero attached hydrogens (tertiary/aromatic N) is 2. The quantitative estimate of drug-likeness (QED) is 0.927. The monoisotopic (exact) mass is 325 g/mol. The first-order valence-corrected chi connectivity index (χ1v) is 7.74. The summed E-state index contributed by atoms with van der Waals surface area (Å²) < 4.78 is 1.12. The molecule has 2 atom stereocenters. The Morgan fingerprint density at radius 3 is 2.79 bits per heavy atom. The topological polar surface area (TPSA) is 32.5 Å². The fraction of sp³-hybridized carbons (Fsp3) is 0.600. The van der Waals surface area contributed by atoms with Gasteiger partial charge in [0.2, 0.25) is 0 Å². The summed E-state index contributed by atoms with van der Waals surface area (Å²) in [6.45, 7) is 4.27. The van der Waals surface area contributed by atoms with Gasteiger partial charge in [-0.05, 0) is 51.6 Å². The van der Waals surface area contributed by atoms with Crippen LogP contribution in [0.5, 0.6) is 0 Å². The SMILES string of the molecule is CC(N)c1ccc(Br)cc1N1CCCC(N(C)C)C1. The van der Waals surface area contributed by atoms with E-state index in [2.05, 4.69) is 64.9 Å². The highest BCUT2D eigenvalue weighted by Gasteiger charge is 2.23. The minimum absolute atomic E-state index is 0.0721. The summed E-state index contributed by atoms with van der Waals surface area (Å²) >= 11 is 3.58. The van der Waals surface area contributed by atoms with Crippen molar-refractivity contribution < 1.29 is 0 Å². The van der Waals surface area contributed by atoms with Gasteiger partial charge in [-0.15, -0.1) is 0 Å². The van der Waals surface area contributed by atoms with Crippen LogP contribution in [0.4, 0.5) is 5.69 Å². The highest BCUT2D eigenvalue weighted by atomic mass is 79.9. The third-order valence-electron chi connectivity index (χ3n) is 3.95. The van der Waals surface area contributed by atoms with Crippen LogP contribution in [-0.2, 0) is 0 Å². The number of halogens is 1. The van der Waals surface area contributed by atoms with Gasteiger partial charge in [-0.2, -0.15) is 0 Å². The molecule has 1 aliphatic heterocycles. The zero-order valence-electron chi connectivity index (χ0n) is 12.1. The summed E-state index contributed by atoms with van der Waals surface area (Å²) in [4.78, 5) is 4.81. The average molecular weight is 326 g/mol. The molecule has 1 aromatic carbocycles. The smallest absolute Gasteiger partial charge is 0.0426 e. The lowest BCUT2D eigenvalue weighted by Crippen LogP contribution is -2.45. The van der Waals surface area contributed by atoms with Crippen LogP contribution in [0, 0.1) is 0 Å². The zero-order chi connectivity index (χ0) is 14.0. The van der Waals surface area contributed by atoms with Crippen molar-refractivity contribution in [3.63, 3.8) is 0 Å². The van der Waals surface area contributed by atoms with E-state index in [0.717, 1.165) is 17.6 Å². The largest absolute Gasteiger partial charge is 0.370 e. The molecule has 0 bridgehead atoms. The molecule has 1 aliphatic rings. The number of piperidine rings is 1. The average Bonchev–Trinajstić information content (AvgIpc) is 2.38. The normalized spacial score (nSPS) is 21.8. The van der Waals surface area contributed by atoms with Crippen molar-refractivity contribution in [2.45, 2.75) is 31.8 Å². The van der Waals surface area contributed by atoms with Crippen molar-refractivity contribution in [3.05, 3.63) is 28.2 Å². The molecule has 1 heterocycles. The Morgan fingerprint density at radius 1 is 1.42 bits per heavy atom. The third kappa shape index (κ3) is 3.50. The zero-order valence-corrected chi connectivity index (χ0v) is 13.7. The van der Waals surface area contributed by atoms with Crippen molar-refractivity contribution in [1.82, 2.24) is 4.90 Å². The second-order valence-corrected chi connectivity index (χ2v) is 6.61. The molecule has 2 rings (SSSR count). The number of likely N-dealkylation sites (N-methyl/N-ethyl adjacent to an activating group) is 1. The fourth-order valence-corrected chi connectivity index (χ4v) is 3.12. The highest BCUT2D eigenvalue weighted by molar-refractivity contribution is 9.10. The number of hydrogen-bond acceptors (Lipinski definition) is 3. The maximum Gasteiger partial charge on any atom is 0.0426 e. The minimum Gasteiger partial charge on any atom is -0.370 e. The van der Waals surface area contributed by atoms with Crippen LogP contribution in [0.25, 0.3) is 0 Å². The van der Waals surface area contributed by atoms with E-state index in [1.165, 1.54) is 24.1 Å². The maximum absolute atomic E-state index is 6.11. The predicted molar refractivity (Wildman–Crippen MR) is 85.7 cm³/mol. The van der Waals surface area contributed by atoms with Crippen molar-refractivity contribution in [3.8, 4) is 0 Å². The molecule has 1 aromatic rings. The molecule has 0 spiro atoms. The van der Waals surface area contributed by atoms with Gasteiger partial charge in [-0.25, -0.2) is 0 Å². The standard InChI is InChI=1S/C15H24BrN3/c1-11(17)14-7-6-12(16)9-15(14)19-8-4-5-13(10-19)18(2)3/h6-7,9,11,13H,4-5,8,10,17H2,1-3H3. The van der Waals surface area contributed by atoms with Gasteiger partial charge < -0.3 is 15.5 Å². The Hall–Kier alpha value is -0.580. The van der Waals surface area contributed by atoms with Crippen LogP contribution in [0.2, 0.25) is 0 Å². The summed E-state index contributed by atoms with van der Waals surface area (Å²) in [7, 11) is 4.34. The first-order valence-electron chi connectivity index (χ1n) is 6.95. The second-order valence-electron chi connectivity index (χ2n) is 5.70. The van der Waals surface area contributed by atoms with E-state index in [0.29, 0.717) is 6.04 Å². The number of nitrogens with two attached hydrogens (primary N) is 1. The summed E-state index contributed by atoms with van der Waals surface area (Å²) in [6, 6.07) is 7.13. The second kappa shape index (κ2) is 6.25. The number of benzene rings is 1. The third-order valence-corrected chi connectivity index (χ3v) is 4.44. The number of rotatable bonds is 3. The molecular weight excluding hydrogens is 302 g/mol. The van der Waals surface area contributed by atoms with Crippen molar-refractivity contribution in [2.75, 3.05) is 32.1 Å². The van der Waals surface area contributed by atoms with Crippen molar-refractivity contribution >= 4 is 21.6 Å². The summed E-state index contributed by atoms with van der Waals surface area (Å²) in [5.41, 5.74) is 8.64. The van der Waals surface area contributed by atoms with Crippen LogP contribution in [0.15, 0.2) is 22.7 Å². The van der Waals surface area contributed by atoms with E-state index in [1.807, 2.05) is 0 Å². The molecule has 0 aromatic heterocycles. The molecule has 4 heteroatoms. The van der Waals surface area contributed by atoms with Crippen LogP contribution in [-0.4, -0.2) is 38.1 Å². The molecule has 19 heavy (non-hydrogen) atoms. The van der Waals surface area contributed by atoms with Gasteiger partial charge in [-0.1, -0.05) is 22.0 Å². The van der Waals surface area contributed by atoms with E-state index in [4.69, 9.17) is 5.73 Å². The molecule has 2 unspecified atom stereocenters. The van der Waals surface area contributed by atoms with Crippen molar-refractivity contribution in [1.29, 1.82) is 0 Å². The lowest BCUT2D eigenvalue weighted by molar-refractivity contribution is 0.258. The van der Waals surface area contributed by atoms with Gasteiger partial charge >= 0.3 is 0 Å². The molecule has 1 saturated heterocycles. The maximum atomic E-state index is 6.11. The van der Waals surface area contributed by atoms with E-state index in [1.54, 1.807) is 0 Å². The minimum atomic E-state index is 0.0721. The molecule has 1 fully saturated rings. The highest BCUT2D eigenvalue weighted by Crippen LogP contribution is 2.31. The van der Waals surface area contributed by atoms with Crippen molar-refractivity contribution in [2.24, 2.45) is 5.73 Å². The van der Waals surface area contributed by atoms with Crippen LogP contribution in [0.1, 0.15) is 31.4 Å². The van der Waals surface area contributed by atoms with Gasteiger partial charge in [0.05, 0.1) is 0 Å². The predicted octanol–water partition coefficient (Wildman–Crippen LogP) is 3.00. The Labute approximate surface area is 124 Å². The summed E-state index contributed by atoms with van der Waals surface area (Å²) in [6.07, 6.45) is 2.53. The molecule has 0 amide bonds. The number of hydrogen-bond donors (Lipinski definition) is 1. The van der Waals surface area contributed by atoms with E-state index in [9.17, 15) is 0 Å². The first kappa shape index (κ1) is 14.8. The van der Waals surface area contributed by atoms with Crippen LogP contribution < -0.4 is 10.6 Å². The molecule has 0 radical (unpaired) electrons. The Balaban J connectivity index is 2.27. The fourth-order valence-electron chi connectivity index (χ4n) is 2.77. The molecule has 0 saturated carbocycles. The van der Waals surface area contributed by atoms with Gasteiger partial charge in [-0.3, -0.25) is 0 Å². The molecule has 0 aliphatic carbocycles. The lowest BCUT2D eigenvalue weighted by Gasteiger charge is -2.38. The Bertz CT molecular complexity index is 431. The summed E-state index contributed by atoms with van der Waals surface area (Å²) in [5, 5.41) is 0. The van der Waals surface area contributed by atoms with Gasteiger partial charge in [0, 0.05) is 35.3 Å². The van der Waals surface area contributed by atoms with Crippen LogP contribution in [0.3, 0.4) is 0 Å². The molecule has 106 valence electrons. The molecular formula is C15H24BrN3. The molecule has 3 nitrogen and oxygen atoms in total. The molecule has 2 N–H and O–H groups in total. The summed E-state index contributed by atoms with van der Waals surface area (Å²) in [5.74, 6) is 0. The number of anilines is 1. The van der Waals surface area contributed by atoms with Crippen LogP contribution >= 0.6 is 15.9 Å². The Kier molecular flexibility index (Phi) is 4.87. The van der Waals surface area contributed by atoms with E-state index in [-0.39, 0.29) is 6.04 Å². The van der Waals surface area contributed by atoms with Gasteiger partial charge in [0.1, 0.15) is 0 Å². The van der Waals surface area contributed by atoms with E-state index >= 15 is 0 Å². The van der Waals surface area contributed by atoms with Gasteiger partial charge in [0.15, 0.2) is 0 Å². The first-order chi connectivity index (χ1) is 8.99. The van der Waals surface area contributed by atoms with E-state index < -0.39 is 0 Å². The van der Waals surface area contributed by atoms with Gasteiger partial charge in [0.25, 0.3) is 0 Å². The lowest BCUT2D eigenvalue weighted by atomic mass is 10.0.